The first kappa shape index (κ1) is 26.2. The number of hydroxylamine groups is 1. The number of nitrogens with one attached hydrogen (secondary N) is 1. The second kappa shape index (κ2) is 13.5. The fourth-order valence-electron chi connectivity index (χ4n) is 4.74. The molecule has 0 aromatic heterocycles. The maximum absolute atomic E-state index is 12.8. The van der Waals surface area contributed by atoms with E-state index in [0.29, 0.717) is 24.3 Å². The monoisotopic (exact) mass is 456 g/mol. The second-order valence-corrected chi connectivity index (χ2v) is 8.78. The molecule has 0 spiro atoms. The van der Waals surface area contributed by atoms with Crippen LogP contribution in [0.3, 0.4) is 0 Å². The predicted octanol–water partition coefficient (Wildman–Crippen LogP) is 6.51. The Morgan fingerprint density at radius 1 is 1.06 bits per heavy atom. The van der Waals surface area contributed by atoms with Crippen molar-refractivity contribution in [2.75, 3.05) is 0 Å². The maximum Gasteiger partial charge on any atom is 0.416 e. The summed E-state index contributed by atoms with van der Waals surface area (Å²) < 4.78 is 38.5. The lowest BCUT2D eigenvalue weighted by Crippen LogP contribution is -2.17. The lowest BCUT2D eigenvalue weighted by Gasteiger charge is -2.19. The van der Waals surface area contributed by atoms with E-state index in [-0.39, 0.29) is 11.8 Å². The first-order valence-electron chi connectivity index (χ1n) is 11.6. The maximum atomic E-state index is 12.8. The molecule has 0 saturated heterocycles. The number of hydrogen-bond donors (Lipinski definition) is 3. The van der Waals surface area contributed by atoms with Crippen molar-refractivity contribution in [3.8, 4) is 0 Å². The number of aryl methyl sites for hydroxylation is 1. The number of unbranched alkanes of at least 4 members (excludes halogenated alkanes) is 5. The molecule has 0 aliphatic heterocycles. The molecule has 0 radical (unpaired) electrons. The van der Waals surface area contributed by atoms with Gasteiger partial charge in [-0.1, -0.05) is 55.5 Å². The highest BCUT2D eigenvalue weighted by Crippen LogP contribution is 2.37. The minimum Gasteiger partial charge on any atom is -0.411 e. The Morgan fingerprint density at radius 2 is 1.78 bits per heavy atom. The molecule has 32 heavy (non-hydrogen) atoms. The summed E-state index contributed by atoms with van der Waals surface area (Å²) in [5.74, 6) is 0.441. The van der Waals surface area contributed by atoms with Gasteiger partial charge in [0.2, 0.25) is 5.91 Å². The van der Waals surface area contributed by atoms with E-state index in [1.165, 1.54) is 12.1 Å². The van der Waals surface area contributed by atoms with Gasteiger partial charge in [0.1, 0.15) is 0 Å². The third-order valence-corrected chi connectivity index (χ3v) is 6.49. The standard InChI is InChI=1S/C24H35F3N2O3/c25-24(26,27)20-12-8-10-18(17-20)9-4-3-6-13-21-19(15-16-22(21)28-31)11-5-1-2-7-14-23(30)29-32/h8,10,12,17,19,21,31-32H,1-7,9,11,13-16H2,(H,29,30)/b28-22-/t19-,21+/m0/s1. The van der Waals surface area contributed by atoms with Gasteiger partial charge < -0.3 is 5.21 Å². The zero-order valence-electron chi connectivity index (χ0n) is 18.5. The quantitative estimate of drug-likeness (QED) is 0.137. The molecular weight excluding hydrogens is 421 g/mol. The van der Waals surface area contributed by atoms with Crippen molar-refractivity contribution in [1.82, 2.24) is 5.48 Å². The smallest absolute Gasteiger partial charge is 0.411 e. The third kappa shape index (κ3) is 8.81. The predicted molar refractivity (Wildman–Crippen MR) is 117 cm³/mol. The molecule has 180 valence electrons. The fraction of sp³-hybridized carbons (Fsp3) is 0.667. The van der Waals surface area contributed by atoms with Gasteiger partial charge >= 0.3 is 6.18 Å². The summed E-state index contributed by atoms with van der Waals surface area (Å²) in [7, 11) is 0. The number of amides is 1. The van der Waals surface area contributed by atoms with E-state index in [1.807, 2.05) is 0 Å². The van der Waals surface area contributed by atoms with Gasteiger partial charge in [0, 0.05) is 12.3 Å². The second-order valence-electron chi connectivity index (χ2n) is 8.78. The summed E-state index contributed by atoms with van der Waals surface area (Å²) in [6.07, 6.45) is 7.08. The van der Waals surface area contributed by atoms with Crippen LogP contribution in [0.4, 0.5) is 13.2 Å². The van der Waals surface area contributed by atoms with E-state index in [1.54, 1.807) is 11.5 Å². The van der Waals surface area contributed by atoms with Gasteiger partial charge in [0.15, 0.2) is 0 Å². The van der Waals surface area contributed by atoms with Crippen LogP contribution in [-0.4, -0.2) is 22.0 Å². The zero-order chi connectivity index (χ0) is 23.4. The molecule has 2 rings (SSSR count). The number of rotatable bonds is 13. The van der Waals surface area contributed by atoms with Crippen molar-refractivity contribution in [3.05, 3.63) is 35.4 Å². The fourth-order valence-corrected chi connectivity index (χ4v) is 4.74. The number of oxime groups is 1. The molecule has 1 aromatic carbocycles. The van der Waals surface area contributed by atoms with Crippen LogP contribution in [0, 0.1) is 11.8 Å². The van der Waals surface area contributed by atoms with Gasteiger partial charge in [0.05, 0.1) is 11.3 Å². The molecule has 3 N–H and O–H groups in total. The Morgan fingerprint density at radius 3 is 2.50 bits per heavy atom. The van der Waals surface area contributed by atoms with Crippen molar-refractivity contribution in [2.45, 2.75) is 89.6 Å². The first-order chi connectivity index (χ1) is 15.3. The zero-order valence-corrected chi connectivity index (χ0v) is 18.5. The molecule has 2 atom stereocenters. The molecule has 1 aliphatic carbocycles. The van der Waals surface area contributed by atoms with E-state index < -0.39 is 11.7 Å². The Balaban J connectivity index is 1.68. The molecule has 5 nitrogen and oxygen atoms in total. The molecule has 1 amide bonds. The number of halogens is 3. The normalized spacial score (nSPS) is 20.1. The molecule has 1 aliphatic rings. The first-order valence-corrected chi connectivity index (χ1v) is 11.6. The number of benzene rings is 1. The van der Waals surface area contributed by atoms with Crippen LogP contribution in [0.15, 0.2) is 29.4 Å². The SMILES string of the molecule is O=C(CCCCCC[C@H]1CC/C(=N/O)[C@@H]1CCCCCc1cccc(C(F)(F)F)c1)NO. The van der Waals surface area contributed by atoms with E-state index in [2.05, 4.69) is 5.16 Å². The molecular formula is C24H35F3N2O3. The highest BCUT2D eigenvalue weighted by Gasteiger charge is 2.32. The van der Waals surface area contributed by atoms with E-state index in [0.717, 1.165) is 82.4 Å². The molecule has 0 bridgehead atoms. The molecule has 0 heterocycles. The van der Waals surface area contributed by atoms with Crippen LogP contribution in [-0.2, 0) is 17.4 Å². The molecule has 1 saturated carbocycles. The van der Waals surface area contributed by atoms with E-state index >= 15 is 0 Å². The Labute approximate surface area is 188 Å². The number of nitrogens with zero attached hydrogens (tertiary/aromatic N) is 1. The number of hydrogen-bond acceptors (Lipinski definition) is 4. The van der Waals surface area contributed by atoms with Crippen molar-refractivity contribution in [2.24, 2.45) is 17.0 Å². The molecule has 8 heteroatoms. The van der Waals surface area contributed by atoms with Crippen LogP contribution < -0.4 is 5.48 Å². The van der Waals surface area contributed by atoms with Gasteiger partial charge in [-0.25, -0.2) is 5.48 Å². The highest BCUT2D eigenvalue weighted by atomic mass is 19.4. The molecule has 1 aromatic rings. The Kier molecular flexibility index (Phi) is 11.0. The van der Waals surface area contributed by atoms with Gasteiger partial charge in [-0.3, -0.25) is 10.0 Å². The summed E-state index contributed by atoms with van der Waals surface area (Å²) in [5.41, 5.74) is 2.65. The number of carbonyl (C=O) groups is 1. The van der Waals surface area contributed by atoms with Crippen molar-refractivity contribution in [1.29, 1.82) is 0 Å². The van der Waals surface area contributed by atoms with Crippen molar-refractivity contribution >= 4 is 11.6 Å². The lowest BCUT2D eigenvalue weighted by molar-refractivity contribution is -0.137. The Hall–Kier alpha value is -2.09. The van der Waals surface area contributed by atoms with Gasteiger partial charge in [0.25, 0.3) is 0 Å². The van der Waals surface area contributed by atoms with Gasteiger partial charge in [-0.2, -0.15) is 13.2 Å². The highest BCUT2D eigenvalue weighted by molar-refractivity contribution is 5.88. The van der Waals surface area contributed by atoms with Crippen molar-refractivity contribution < 1.29 is 28.4 Å². The van der Waals surface area contributed by atoms with Crippen LogP contribution in [0.25, 0.3) is 0 Å². The average molecular weight is 457 g/mol. The van der Waals surface area contributed by atoms with Crippen LogP contribution >= 0.6 is 0 Å². The van der Waals surface area contributed by atoms with Gasteiger partial charge in [-0.05, 0) is 62.5 Å². The average Bonchev–Trinajstić information content (AvgIpc) is 3.17. The van der Waals surface area contributed by atoms with Crippen molar-refractivity contribution in [3.63, 3.8) is 0 Å². The lowest BCUT2D eigenvalue weighted by atomic mass is 9.86. The summed E-state index contributed by atoms with van der Waals surface area (Å²) in [6, 6.07) is 5.55. The third-order valence-electron chi connectivity index (χ3n) is 6.49. The minimum atomic E-state index is -4.30. The van der Waals surface area contributed by atoms with Crippen LogP contribution in [0.1, 0.15) is 88.2 Å². The Bertz CT molecular complexity index is 737. The topological polar surface area (TPSA) is 81.9 Å². The molecule has 1 fully saturated rings. The number of carbonyl (C=O) groups excluding carboxylic acids is 1. The van der Waals surface area contributed by atoms with Gasteiger partial charge in [-0.15, -0.1) is 0 Å². The minimum absolute atomic E-state index is 0.286. The van der Waals surface area contributed by atoms with Crippen LogP contribution in [0.5, 0.6) is 0 Å². The summed E-state index contributed by atoms with van der Waals surface area (Å²) in [5, 5.41) is 21.4. The molecule has 0 unspecified atom stereocenters. The summed E-state index contributed by atoms with van der Waals surface area (Å²) in [4.78, 5) is 11.0. The van der Waals surface area contributed by atoms with E-state index in [4.69, 9.17) is 5.21 Å². The number of alkyl halides is 3. The largest absolute Gasteiger partial charge is 0.416 e. The van der Waals surface area contributed by atoms with Crippen LogP contribution in [0.2, 0.25) is 0 Å². The summed E-state index contributed by atoms with van der Waals surface area (Å²) >= 11 is 0. The summed E-state index contributed by atoms with van der Waals surface area (Å²) in [6.45, 7) is 0. The van der Waals surface area contributed by atoms with E-state index in [9.17, 15) is 23.2 Å².